The van der Waals surface area contributed by atoms with Crippen LogP contribution in [0.1, 0.15) is 17.1 Å². The SMILES string of the molecule is NNc1nc(N)cc(Cc2ccc(C(F)(F)F)o2)c1N. The van der Waals surface area contributed by atoms with Gasteiger partial charge in [0, 0.05) is 6.42 Å². The Morgan fingerprint density at radius 3 is 2.50 bits per heavy atom. The number of furan rings is 1. The van der Waals surface area contributed by atoms with Gasteiger partial charge in [-0.3, -0.25) is 0 Å². The zero-order chi connectivity index (χ0) is 14.9. The van der Waals surface area contributed by atoms with E-state index in [2.05, 4.69) is 10.4 Å². The summed E-state index contributed by atoms with van der Waals surface area (Å²) in [5, 5.41) is 0. The first-order valence-electron chi connectivity index (χ1n) is 5.48. The number of hydrogen-bond acceptors (Lipinski definition) is 6. The average molecular weight is 287 g/mol. The zero-order valence-corrected chi connectivity index (χ0v) is 10.2. The molecule has 0 saturated heterocycles. The van der Waals surface area contributed by atoms with E-state index in [1.165, 1.54) is 12.1 Å². The number of nitrogen functional groups attached to an aromatic ring is 3. The maximum atomic E-state index is 12.4. The molecule has 0 atom stereocenters. The molecule has 108 valence electrons. The number of hydrogen-bond donors (Lipinski definition) is 4. The van der Waals surface area contributed by atoms with Gasteiger partial charge >= 0.3 is 6.18 Å². The lowest BCUT2D eigenvalue weighted by atomic mass is 10.1. The fraction of sp³-hybridized carbons (Fsp3) is 0.182. The third-order valence-corrected chi connectivity index (χ3v) is 2.61. The van der Waals surface area contributed by atoms with Gasteiger partial charge in [-0.2, -0.15) is 13.2 Å². The van der Waals surface area contributed by atoms with Crippen LogP contribution in [0.5, 0.6) is 0 Å². The molecule has 0 spiro atoms. The zero-order valence-electron chi connectivity index (χ0n) is 10.2. The summed E-state index contributed by atoms with van der Waals surface area (Å²) in [5.74, 6) is 4.57. The van der Waals surface area contributed by atoms with Crippen molar-refractivity contribution in [3.8, 4) is 0 Å². The monoisotopic (exact) mass is 287 g/mol. The Hall–Kier alpha value is -2.42. The summed E-state index contributed by atoms with van der Waals surface area (Å²) in [4.78, 5) is 3.84. The Labute approximate surface area is 111 Å². The summed E-state index contributed by atoms with van der Waals surface area (Å²) < 4.78 is 42.0. The minimum atomic E-state index is -4.52. The third-order valence-electron chi connectivity index (χ3n) is 2.61. The average Bonchev–Trinajstić information content (AvgIpc) is 2.81. The number of nitrogens with zero attached hydrogens (tertiary/aromatic N) is 1. The van der Waals surface area contributed by atoms with E-state index in [0.717, 1.165) is 6.07 Å². The largest absolute Gasteiger partial charge is 0.456 e. The molecule has 9 heteroatoms. The summed E-state index contributed by atoms with van der Waals surface area (Å²) >= 11 is 0. The van der Waals surface area contributed by atoms with Crippen molar-refractivity contribution < 1.29 is 17.6 Å². The molecular weight excluding hydrogens is 275 g/mol. The summed E-state index contributed by atoms with van der Waals surface area (Å²) in [5.41, 5.74) is 14.3. The Kier molecular flexibility index (Phi) is 3.45. The molecule has 0 unspecified atom stereocenters. The highest BCUT2D eigenvalue weighted by atomic mass is 19.4. The first-order valence-corrected chi connectivity index (χ1v) is 5.48. The molecule has 7 N–H and O–H groups in total. The van der Waals surface area contributed by atoms with E-state index in [9.17, 15) is 13.2 Å². The van der Waals surface area contributed by atoms with Crippen LogP contribution in [0.2, 0.25) is 0 Å². The standard InChI is InChI=1S/C11H12F3N5O/c12-11(13,14)7-2-1-6(20-7)3-5-4-8(15)18-10(19-17)9(5)16/h1-2,4H,3,16-17H2,(H3,15,18,19). The van der Waals surface area contributed by atoms with Crippen molar-refractivity contribution in [2.45, 2.75) is 12.6 Å². The van der Waals surface area contributed by atoms with E-state index in [1.54, 1.807) is 0 Å². The topological polar surface area (TPSA) is 116 Å². The third kappa shape index (κ3) is 2.77. The van der Waals surface area contributed by atoms with E-state index < -0.39 is 11.9 Å². The molecule has 0 saturated carbocycles. The van der Waals surface area contributed by atoms with E-state index in [4.69, 9.17) is 21.7 Å². The van der Waals surface area contributed by atoms with Gasteiger partial charge in [0.2, 0.25) is 5.76 Å². The Morgan fingerprint density at radius 2 is 1.95 bits per heavy atom. The molecule has 6 nitrogen and oxygen atoms in total. The second-order valence-electron chi connectivity index (χ2n) is 4.05. The molecule has 0 amide bonds. The predicted molar refractivity (Wildman–Crippen MR) is 67.4 cm³/mol. The second-order valence-corrected chi connectivity index (χ2v) is 4.05. The molecule has 2 aromatic rings. The molecule has 0 fully saturated rings. The van der Waals surface area contributed by atoms with Crippen molar-refractivity contribution in [1.82, 2.24) is 4.98 Å². The second kappa shape index (κ2) is 4.93. The van der Waals surface area contributed by atoms with Gasteiger partial charge in [0.25, 0.3) is 0 Å². The quantitative estimate of drug-likeness (QED) is 0.504. The van der Waals surface area contributed by atoms with Crippen LogP contribution < -0.4 is 22.7 Å². The van der Waals surface area contributed by atoms with Gasteiger partial charge in [-0.15, -0.1) is 0 Å². The van der Waals surface area contributed by atoms with Crippen LogP contribution in [0.3, 0.4) is 0 Å². The highest BCUT2D eigenvalue weighted by molar-refractivity contribution is 5.68. The highest BCUT2D eigenvalue weighted by Crippen LogP contribution is 2.32. The smallest absolute Gasteiger partial charge is 0.449 e. The first kappa shape index (κ1) is 14.0. The van der Waals surface area contributed by atoms with Gasteiger partial charge in [0.1, 0.15) is 11.6 Å². The van der Waals surface area contributed by atoms with Crippen LogP contribution in [0.4, 0.5) is 30.5 Å². The molecule has 2 aromatic heterocycles. The Bertz CT molecular complexity index is 623. The van der Waals surface area contributed by atoms with E-state index in [0.29, 0.717) is 5.56 Å². The molecule has 0 bridgehead atoms. The number of hydrazine groups is 1. The fourth-order valence-electron chi connectivity index (χ4n) is 1.70. The number of alkyl halides is 3. The summed E-state index contributed by atoms with van der Waals surface area (Å²) in [6, 6.07) is 3.54. The van der Waals surface area contributed by atoms with Crippen LogP contribution >= 0.6 is 0 Å². The molecular formula is C11H12F3N5O. The van der Waals surface area contributed by atoms with E-state index in [1.807, 2.05) is 0 Å². The highest BCUT2D eigenvalue weighted by Gasteiger charge is 2.34. The number of pyridine rings is 1. The lowest BCUT2D eigenvalue weighted by Crippen LogP contribution is -2.13. The number of halogens is 3. The number of nitrogens with one attached hydrogen (secondary N) is 1. The number of rotatable bonds is 3. The van der Waals surface area contributed by atoms with Gasteiger partial charge in [0.15, 0.2) is 5.82 Å². The van der Waals surface area contributed by atoms with Crippen molar-refractivity contribution >= 4 is 17.3 Å². The van der Waals surface area contributed by atoms with Gasteiger partial charge in [-0.05, 0) is 23.8 Å². The lowest BCUT2D eigenvalue weighted by Gasteiger charge is -2.10. The van der Waals surface area contributed by atoms with Gasteiger partial charge in [-0.1, -0.05) is 0 Å². The van der Waals surface area contributed by atoms with Crippen LogP contribution in [-0.4, -0.2) is 4.98 Å². The summed E-state index contributed by atoms with van der Waals surface area (Å²) in [7, 11) is 0. The summed E-state index contributed by atoms with van der Waals surface area (Å²) in [6.07, 6.45) is -4.48. The number of nitrogens with two attached hydrogens (primary N) is 3. The van der Waals surface area contributed by atoms with Crippen molar-refractivity contribution in [3.63, 3.8) is 0 Å². The minimum absolute atomic E-state index is 0.0450. The van der Waals surface area contributed by atoms with Gasteiger partial charge in [-0.25, -0.2) is 10.8 Å². The Balaban J connectivity index is 2.31. The molecule has 0 aliphatic heterocycles. The van der Waals surface area contributed by atoms with Gasteiger partial charge < -0.3 is 21.3 Å². The van der Waals surface area contributed by atoms with Gasteiger partial charge in [0.05, 0.1) is 5.69 Å². The van der Waals surface area contributed by atoms with E-state index in [-0.39, 0.29) is 29.5 Å². The fourth-order valence-corrected chi connectivity index (χ4v) is 1.70. The molecule has 2 rings (SSSR count). The molecule has 20 heavy (non-hydrogen) atoms. The maximum absolute atomic E-state index is 12.4. The Morgan fingerprint density at radius 1 is 1.25 bits per heavy atom. The predicted octanol–water partition coefficient (Wildman–Crippen LogP) is 1.73. The molecule has 0 aliphatic carbocycles. The molecule has 0 aliphatic rings. The maximum Gasteiger partial charge on any atom is 0.449 e. The first-order chi connectivity index (χ1) is 9.31. The van der Waals surface area contributed by atoms with Crippen molar-refractivity contribution in [2.24, 2.45) is 5.84 Å². The minimum Gasteiger partial charge on any atom is -0.456 e. The number of aromatic nitrogens is 1. The van der Waals surface area contributed by atoms with Crippen molar-refractivity contribution in [2.75, 3.05) is 16.9 Å². The number of anilines is 3. The molecule has 0 radical (unpaired) electrons. The summed E-state index contributed by atoms with van der Waals surface area (Å²) in [6.45, 7) is 0. The van der Waals surface area contributed by atoms with Crippen LogP contribution in [0.15, 0.2) is 22.6 Å². The van der Waals surface area contributed by atoms with Crippen LogP contribution in [0.25, 0.3) is 0 Å². The normalized spacial score (nSPS) is 11.6. The van der Waals surface area contributed by atoms with Crippen LogP contribution in [0, 0.1) is 0 Å². The van der Waals surface area contributed by atoms with Crippen LogP contribution in [-0.2, 0) is 12.6 Å². The van der Waals surface area contributed by atoms with E-state index >= 15 is 0 Å². The molecule has 2 heterocycles. The molecule has 0 aromatic carbocycles. The van der Waals surface area contributed by atoms with Crippen molar-refractivity contribution in [3.05, 3.63) is 35.3 Å². The van der Waals surface area contributed by atoms with Crippen molar-refractivity contribution in [1.29, 1.82) is 0 Å². The lowest BCUT2D eigenvalue weighted by molar-refractivity contribution is -0.153.